The molecular weight excluding hydrogens is 125 g/mol. The Hall–Kier alpha value is -0.930. The van der Waals surface area contributed by atoms with Crippen molar-refractivity contribution in [3.8, 4) is 0 Å². The first-order valence-electron chi connectivity index (χ1n) is 2.63. The van der Waals surface area contributed by atoms with E-state index in [9.17, 15) is 14.5 Å². The molecule has 0 aliphatic heterocycles. The van der Waals surface area contributed by atoms with Crippen LogP contribution in [0.3, 0.4) is 0 Å². The summed E-state index contributed by atoms with van der Waals surface area (Å²) in [6, 6.07) is 0. The Morgan fingerprint density at radius 2 is 2.44 bits per heavy atom. The third-order valence-corrected chi connectivity index (χ3v) is 0.800. The molecule has 0 spiro atoms. The van der Waals surface area contributed by atoms with Crippen LogP contribution in [0.15, 0.2) is 11.9 Å². The average Bonchev–Trinajstić information content (AvgIpc) is 1.83. The largest absolute Gasteiger partial charge is 0.264 e. The molecule has 0 aromatic heterocycles. The molecule has 9 heavy (non-hydrogen) atoms. The summed E-state index contributed by atoms with van der Waals surface area (Å²) >= 11 is 0. The van der Waals surface area contributed by atoms with Gasteiger partial charge in [-0.25, -0.2) is 4.39 Å². The Morgan fingerprint density at radius 1 is 1.89 bits per heavy atom. The average molecular weight is 133 g/mol. The minimum Gasteiger partial charge on any atom is -0.264 e. The standard InChI is InChI=1S/C5H8FNO2/c1-2-5(6)3-4-7(8)9/h3H,2,4H2,1H3/b5-3+. The third-order valence-electron chi connectivity index (χ3n) is 0.800. The highest BCUT2D eigenvalue weighted by Gasteiger charge is 1.93. The van der Waals surface area contributed by atoms with Crippen molar-refractivity contribution < 1.29 is 9.31 Å². The highest BCUT2D eigenvalue weighted by molar-refractivity contribution is 4.89. The summed E-state index contributed by atoms with van der Waals surface area (Å²) in [6.45, 7) is 1.19. The van der Waals surface area contributed by atoms with Crippen LogP contribution in [-0.4, -0.2) is 11.5 Å². The summed E-state index contributed by atoms with van der Waals surface area (Å²) in [7, 11) is 0. The molecule has 0 atom stereocenters. The summed E-state index contributed by atoms with van der Waals surface area (Å²) in [5.41, 5.74) is 0. The van der Waals surface area contributed by atoms with Crippen molar-refractivity contribution in [2.45, 2.75) is 13.3 Å². The van der Waals surface area contributed by atoms with Gasteiger partial charge < -0.3 is 0 Å². The molecule has 0 saturated heterocycles. The zero-order valence-corrected chi connectivity index (χ0v) is 5.13. The van der Waals surface area contributed by atoms with E-state index >= 15 is 0 Å². The molecule has 0 aliphatic carbocycles. The van der Waals surface area contributed by atoms with E-state index in [2.05, 4.69) is 0 Å². The molecule has 0 N–H and O–H groups in total. The smallest absolute Gasteiger partial charge is 0.224 e. The first-order valence-corrected chi connectivity index (χ1v) is 2.63. The number of halogens is 1. The van der Waals surface area contributed by atoms with E-state index in [0.29, 0.717) is 0 Å². The second kappa shape index (κ2) is 4.00. The van der Waals surface area contributed by atoms with Crippen molar-refractivity contribution in [2.24, 2.45) is 0 Å². The van der Waals surface area contributed by atoms with E-state index < -0.39 is 17.3 Å². The number of allylic oxidation sites excluding steroid dienone is 1. The SMILES string of the molecule is CC/C(F)=C\C[N+](=O)[O-]. The first kappa shape index (κ1) is 8.07. The molecule has 0 unspecified atom stereocenters. The summed E-state index contributed by atoms with van der Waals surface area (Å²) < 4.78 is 12.0. The highest BCUT2D eigenvalue weighted by Crippen LogP contribution is 1.99. The van der Waals surface area contributed by atoms with Crippen molar-refractivity contribution in [3.05, 3.63) is 22.0 Å². The Kier molecular flexibility index (Phi) is 3.59. The van der Waals surface area contributed by atoms with Gasteiger partial charge in [0.25, 0.3) is 0 Å². The zero-order chi connectivity index (χ0) is 7.28. The molecule has 0 radical (unpaired) electrons. The lowest BCUT2D eigenvalue weighted by Crippen LogP contribution is -1.96. The molecular formula is C5H8FNO2. The van der Waals surface area contributed by atoms with E-state index in [1.54, 1.807) is 6.92 Å². The predicted octanol–water partition coefficient (Wildman–Crippen LogP) is 1.53. The molecule has 0 heterocycles. The lowest BCUT2D eigenvalue weighted by molar-refractivity contribution is -0.468. The molecule has 0 fully saturated rings. The summed E-state index contributed by atoms with van der Waals surface area (Å²) in [6.07, 6.45) is 1.20. The highest BCUT2D eigenvalue weighted by atomic mass is 19.1. The molecule has 3 nitrogen and oxygen atoms in total. The number of rotatable bonds is 3. The molecule has 0 amide bonds. The van der Waals surface area contributed by atoms with E-state index in [0.717, 1.165) is 6.08 Å². The van der Waals surface area contributed by atoms with Gasteiger partial charge in [-0.05, 0) is 6.42 Å². The Labute approximate surface area is 52.3 Å². The van der Waals surface area contributed by atoms with Gasteiger partial charge in [0.2, 0.25) is 6.54 Å². The minimum atomic E-state index is -0.574. The molecule has 52 valence electrons. The number of nitro groups is 1. The lowest BCUT2D eigenvalue weighted by Gasteiger charge is -1.85. The van der Waals surface area contributed by atoms with Crippen LogP contribution in [0.4, 0.5) is 4.39 Å². The second-order valence-corrected chi connectivity index (χ2v) is 1.52. The van der Waals surface area contributed by atoms with E-state index in [1.807, 2.05) is 0 Å². The van der Waals surface area contributed by atoms with Crippen molar-refractivity contribution in [3.63, 3.8) is 0 Å². The van der Waals surface area contributed by atoms with Gasteiger partial charge in [0.05, 0.1) is 0 Å². The van der Waals surface area contributed by atoms with Gasteiger partial charge in [0, 0.05) is 11.0 Å². The summed E-state index contributed by atoms with van der Waals surface area (Å²) in [5.74, 6) is -0.424. The van der Waals surface area contributed by atoms with Crippen molar-refractivity contribution in [2.75, 3.05) is 6.54 Å². The van der Waals surface area contributed by atoms with Crippen LogP contribution in [-0.2, 0) is 0 Å². The van der Waals surface area contributed by atoms with Gasteiger partial charge in [-0.3, -0.25) is 10.1 Å². The first-order chi connectivity index (χ1) is 4.16. The quantitative estimate of drug-likeness (QED) is 0.432. The molecule has 0 aromatic carbocycles. The van der Waals surface area contributed by atoms with E-state index in [4.69, 9.17) is 0 Å². The number of hydrogen-bond donors (Lipinski definition) is 0. The normalized spacial score (nSPS) is 11.6. The van der Waals surface area contributed by atoms with Gasteiger partial charge >= 0.3 is 0 Å². The van der Waals surface area contributed by atoms with E-state index in [1.165, 1.54) is 0 Å². The molecule has 4 heteroatoms. The summed E-state index contributed by atoms with van der Waals surface area (Å²) in [4.78, 5) is 9.04. The molecule has 0 aliphatic rings. The van der Waals surface area contributed by atoms with Crippen LogP contribution in [0, 0.1) is 10.1 Å². The van der Waals surface area contributed by atoms with Crippen LogP contribution in [0.2, 0.25) is 0 Å². The Morgan fingerprint density at radius 3 is 2.78 bits per heavy atom. The van der Waals surface area contributed by atoms with Gasteiger partial charge in [-0.2, -0.15) is 0 Å². The molecule has 0 bridgehead atoms. The predicted molar refractivity (Wildman–Crippen MR) is 31.3 cm³/mol. The van der Waals surface area contributed by atoms with Crippen LogP contribution in [0.5, 0.6) is 0 Å². The van der Waals surface area contributed by atoms with Crippen LogP contribution < -0.4 is 0 Å². The molecule has 0 rings (SSSR count). The van der Waals surface area contributed by atoms with Gasteiger partial charge in [0.15, 0.2) is 0 Å². The topological polar surface area (TPSA) is 43.1 Å². The Bertz CT molecular complexity index is 133. The number of nitrogens with zero attached hydrogens (tertiary/aromatic N) is 1. The van der Waals surface area contributed by atoms with Crippen molar-refractivity contribution in [1.82, 2.24) is 0 Å². The maximum atomic E-state index is 12.0. The lowest BCUT2D eigenvalue weighted by atomic mass is 10.4. The van der Waals surface area contributed by atoms with Crippen LogP contribution in [0.25, 0.3) is 0 Å². The maximum absolute atomic E-state index is 12.0. The fourth-order valence-electron chi connectivity index (χ4n) is 0.318. The second-order valence-electron chi connectivity index (χ2n) is 1.52. The Balaban J connectivity index is 3.56. The van der Waals surface area contributed by atoms with Gasteiger partial charge in [0.1, 0.15) is 5.83 Å². The van der Waals surface area contributed by atoms with Crippen LogP contribution in [0.1, 0.15) is 13.3 Å². The summed E-state index contributed by atoms with van der Waals surface area (Å²) in [5, 5.41) is 9.61. The fourth-order valence-corrected chi connectivity index (χ4v) is 0.318. The van der Waals surface area contributed by atoms with E-state index in [-0.39, 0.29) is 6.42 Å². The van der Waals surface area contributed by atoms with Crippen molar-refractivity contribution >= 4 is 0 Å². The molecule has 0 aromatic rings. The van der Waals surface area contributed by atoms with Gasteiger partial charge in [-0.15, -0.1) is 0 Å². The number of hydrogen-bond acceptors (Lipinski definition) is 2. The monoisotopic (exact) mass is 133 g/mol. The van der Waals surface area contributed by atoms with Crippen molar-refractivity contribution in [1.29, 1.82) is 0 Å². The molecule has 0 saturated carbocycles. The maximum Gasteiger partial charge on any atom is 0.224 e. The fraction of sp³-hybridized carbons (Fsp3) is 0.600. The van der Waals surface area contributed by atoms with Crippen LogP contribution >= 0.6 is 0 Å². The minimum absolute atomic E-state index is 0.230. The third kappa shape index (κ3) is 4.93. The zero-order valence-electron chi connectivity index (χ0n) is 5.13. The van der Waals surface area contributed by atoms with Gasteiger partial charge in [-0.1, -0.05) is 6.92 Å².